The molecule has 0 radical (unpaired) electrons. The molecule has 3 fully saturated rings. The Hall–Kier alpha value is -0.570. The lowest BCUT2D eigenvalue weighted by molar-refractivity contribution is -0.134. The lowest BCUT2D eigenvalue weighted by Crippen LogP contribution is -2.54. The Morgan fingerprint density at radius 1 is 1.46 bits per heavy atom. The van der Waals surface area contributed by atoms with E-state index in [2.05, 4.69) is 5.32 Å². The molecule has 3 saturated heterocycles. The first kappa shape index (κ1) is 9.00. The topological polar surface area (TPSA) is 32.3 Å². The Morgan fingerprint density at radius 3 is 2.77 bits per heavy atom. The summed E-state index contributed by atoms with van der Waals surface area (Å²) in [4.78, 5) is 13.7. The van der Waals surface area contributed by atoms with E-state index in [9.17, 15) is 4.79 Å². The number of hydrogen-bond donors (Lipinski definition) is 1. The molecule has 0 saturated carbocycles. The van der Waals surface area contributed by atoms with Crippen molar-refractivity contribution in [1.82, 2.24) is 10.2 Å². The fraction of sp³-hybridized carbons (Fsp3) is 0.900. The highest BCUT2D eigenvalue weighted by Crippen LogP contribution is 2.21. The molecule has 0 aromatic rings. The molecule has 0 aromatic heterocycles. The van der Waals surface area contributed by atoms with E-state index in [1.165, 1.54) is 6.42 Å². The van der Waals surface area contributed by atoms with Crippen LogP contribution in [-0.4, -0.2) is 36.0 Å². The predicted octanol–water partition coefficient (Wildman–Crippen LogP) is 0.605. The maximum atomic E-state index is 11.7. The van der Waals surface area contributed by atoms with Crippen LogP contribution in [0.3, 0.4) is 0 Å². The first-order valence-electron chi connectivity index (χ1n) is 5.21. The second-order valence-electron chi connectivity index (χ2n) is 4.52. The van der Waals surface area contributed by atoms with Gasteiger partial charge in [-0.05, 0) is 12.8 Å². The minimum atomic E-state index is 0.148. The molecule has 0 aliphatic carbocycles. The van der Waals surface area contributed by atoms with Crippen LogP contribution in [0.5, 0.6) is 0 Å². The molecule has 1 amide bonds. The van der Waals surface area contributed by atoms with Crippen LogP contribution in [0.15, 0.2) is 0 Å². The van der Waals surface area contributed by atoms with Crippen LogP contribution >= 0.6 is 0 Å². The number of carbonyl (C=O) groups is 1. The first-order chi connectivity index (χ1) is 6.16. The molecule has 3 aliphatic rings. The van der Waals surface area contributed by atoms with Crippen molar-refractivity contribution in [3.63, 3.8) is 0 Å². The fourth-order valence-electron chi connectivity index (χ4n) is 2.22. The van der Waals surface area contributed by atoms with E-state index < -0.39 is 0 Å². The number of fused-ring (bicyclic) bond motifs is 3. The zero-order valence-corrected chi connectivity index (χ0v) is 8.42. The summed E-state index contributed by atoms with van der Waals surface area (Å²) in [5.74, 6) is 0.463. The SMILES string of the molecule is CC(C)C(=O)N1CCC2CC(C1)N2. The van der Waals surface area contributed by atoms with Crippen LogP contribution in [0.1, 0.15) is 26.7 Å². The molecule has 2 unspecified atom stereocenters. The number of carbonyl (C=O) groups excluding carboxylic acids is 1. The van der Waals surface area contributed by atoms with Gasteiger partial charge >= 0.3 is 0 Å². The maximum absolute atomic E-state index is 11.7. The smallest absolute Gasteiger partial charge is 0.225 e. The quantitative estimate of drug-likeness (QED) is 0.644. The third kappa shape index (κ3) is 1.70. The monoisotopic (exact) mass is 182 g/mol. The van der Waals surface area contributed by atoms with Crippen molar-refractivity contribution in [2.75, 3.05) is 13.1 Å². The molecule has 3 heteroatoms. The summed E-state index contributed by atoms with van der Waals surface area (Å²) in [7, 11) is 0. The Morgan fingerprint density at radius 2 is 2.15 bits per heavy atom. The highest BCUT2D eigenvalue weighted by Gasteiger charge is 2.35. The van der Waals surface area contributed by atoms with Crippen molar-refractivity contribution in [3.8, 4) is 0 Å². The molecule has 3 rings (SSSR count). The first-order valence-corrected chi connectivity index (χ1v) is 5.21. The van der Waals surface area contributed by atoms with Crippen LogP contribution in [0.25, 0.3) is 0 Å². The van der Waals surface area contributed by atoms with Crippen molar-refractivity contribution in [1.29, 1.82) is 0 Å². The number of nitrogens with one attached hydrogen (secondary N) is 1. The third-order valence-electron chi connectivity index (χ3n) is 3.03. The summed E-state index contributed by atoms with van der Waals surface area (Å²) >= 11 is 0. The van der Waals surface area contributed by atoms with Crippen molar-refractivity contribution < 1.29 is 4.79 Å². The standard InChI is InChI=1S/C10H18N2O/c1-7(2)10(13)12-4-3-8-5-9(6-12)11-8/h7-9,11H,3-6H2,1-2H3. The van der Waals surface area contributed by atoms with E-state index >= 15 is 0 Å². The van der Waals surface area contributed by atoms with Crippen molar-refractivity contribution in [2.45, 2.75) is 38.8 Å². The third-order valence-corrected chi connectivity index (χ3v) is 3.03. The van der Waals surface area contributed by atoms with Gasteiger partial charge in [0, 0.05) is 31.1 Å². The fourth-order valence-corrected chi connectivity index (χ4v) is 2.22. The summed E-state index contributed by atoms with van der Waals surface area (Å²) in [6.07, 6.45) is 2.40. The number of rotatable bonds is 1. The van der Waals surface area contributed by atoms with Gasteiger partial charge in [-0.25, -0.2) is 0 Å². The molecule has 3 heterocycles. The van der Waals surface area contributed by atoms with Crippen LogP contribution < -0.4 is 5.32 Å². The predicted molar refractivity (Wildman–Crippen MR) is 51.4 cm³/mol. The molecular weight excluding hydrogens is 164 g/mol. The summed E-state index contributed by atoms with van der Waals surface area (Å²) < 4.78 is 0. The largest absolute Gasteiger partial charge is 0.341 e. The van der Waals surface area contributed by atoms with E-state index in [-0.39, 0.29) is 5.92 Å². The van der Waals surface area contributed by atoms with Crippen molar-refractivity contribution >= 4 is 5.91 Å². The highest BCUT2D eigenvalue weighted by molar-refractivity contribution is 5.78. The molecule has 0 spiro atoms. The van der Waals surface area contributed by atoms with Gasteiger partial charge in [-0.3, -0.25) is 4.79 Å². The zero-order chi connectivity index (χ0) is 9.42. The van der Waals surface area contributed by atoms with Gasteiger partial charge in [-0.2, -0.15) is 0 Å². The molecule has 1 N–H and O–H groups in total. The van der Waals surface area contributed by atoms with Gasteiger partial charge in [0.2, 0.25) is 5.91 Å². The van der Waals surface area contributed by atoms with Gasteiger partial charge in [-0.1, -0.05) is 13.8 Å². The van der Waals surface area contributed by atoms with Crippen LogP contribution in [0.4, 0.5) is 0 Å². The normalized spacial score (nSPS) is 32.7. The van der Waals surface area contributed by atoms with E-state index in [0.29, 0.717) is 18.0 Å². The average Bonchev–Trinajstić information content (AvgIpc) is 2.32. The van der Waals surface area contributed by atoms with Gasteiger partial charge < -0.3 is 10.2 Å². The van der Waals surface area contributed by atoms with Gasteiger partial charge in [0.1, 0.15) is 0 Å². The average molecular weight is 182 g/mol. The molecular formula is C10H18N2O. The van der Waals surface area contributed by atoms with Crippen LogP contribution in [0.2, 0.25) is 0 Å². The molecule has 74 valence electrons. The zero-order valence-electron chi connectivity index (χ0n) is 8.42. The second kappa shape index (κ2) is 3.29. The second-order valence-corrected chi connectivity index (χ2v) is 4.52. The van der Waals surface area contributed by atoms with Crippen molar-refractivity contribution in [2.24, 2.45) is 5.92 Å². The molecule has 2 atom stereocenters. The minimum Gasteiger partial charge on any atom is -0.341 e. The molecule has 3 aliphatic heterocycles. The number of hydrogen-bond acceptors (Lipinski definition) is 2. The molecule has 2 bridgehead atoms. The van der Waals surface area contributed by atoms with E-state index in [1.54, 1.807) is 0 Å². The summed E-state index contributed by atoms with van der Waals surface area (Å²) in [5, 5.41) is 3.47. The lowest BCUT2D eigenvalue weighted by atomic mass is 9.97. The summed E-state index contributed by atoms with van der Waals surface area (Å²) in [5.41, 5.74) is 0. The Bertz CT molecular complexity index is 209. The van der Waals surface area contributed by atoms with Crippen molar-refractivity contribution in [3.05, 3.63) is 0 Å². The van der Waals surface area contributed by atoms with Gasteiger partial charge in [0.25, 0.3) is 0 Å². The van der Waals surface area contributed by atoms with Gasteiger partial charge in [0.15, 0.2) is 0 Å². The van der Waals surface area contributed by atoms with Gasteiger partial charge in [0.05, 0.1) is 0 Å². The summed E-state index contributed by atoms with van der Waals surface area (Å²) in [6, 6.07) is 1.27. The maximum Gasteiger partial charge on any atom is 0.225 e. The molecule has 13 heavy (non-hydrogen) atoms. The summed E-state index contributed by atoms with van der Waals surface area (Å²) in [6.45, 7) is 5.83. The highest BCUT2D eigenvalue weighted by atomic mass is 16.2. The molecule has 3 nitrogen and oxygen atoms in total. The minimum absolute atomic E-state index is 0.148. The molecule has 0 aromatic carbocycles. The lowest BCUT2D eigenvalue weighted by Gasteiger charge is -2.34. The number of nitrogens with zero attached hydrogens (tertiary/aromatic N) is 1. The van der Waals surface area contributed by atoms with E-state index in [1.807, 2.05) is 18.7 Å². The Kier molecular flexibility index (Phi) is 2.28. The van der Waals surface area contributed by atoms with E-state index in [0.717, 1.165) is 19.5 Å². The van der Waals surface area contributed by atoms with Crippen LogP contribution in [0, 0.1) is 5.92 Å². The van der Waals surface area contributed by atoms with E-state index in [4.69, 9.17) is 0 Å². The Balaban J connectivity index is 1.95. The van der Waals surface area contributed by atoms with Crippen LogP contribution in [-0.2, 0) is 4.79 Å². The Labute approximate surface area is 79.5 Å². The van der Waals surface area contributed by atoms with Gasteiger partial charge in [-0.15, -0.1) is 0 Å². The number of amides is 1.